The summed E-state index contributed by atoms with van der Waals surface area (Å²) < 4.78 is 53.2. The summed E-state index contributed by atoms with van der Waals surface area (Å²) in [7, 11) is -8.36. The molecule has 14 heteroatoms. The summed E-state index contributed by atoms with van der Waals surface area (Å²) in [6, 6.07) is 9.59. The molecule has 0 aromatic heterocycles. The van der Waals surface area contributed by atoms with Crippen LogP contribution in [-0.2, 0) is 20.0 Å². The third kappa shape index (κ3) is 5.54. The van der Waals surface area contributed by atoms with E-state index in [4.69, 9.17) is 0 Å². The van der Waals surface area contributed by atoms with Gasteiger partial charge in [0.15, 0.2) is 9.79 Å². The smallest absolute Gasteiger partial charge is 0.258 e. The summed E-state index contributed by atoms with van der Waals surface area (Å²) in [4.78, 5) is 19.2. The quantitative estimate of drug-likeness (QED) is 0.311. The Morgan fingerprint density at radius 3 is 1.38 bits per heavy atom. The molecule has 0 saturated carbocycles. The number of sulfonamides is 2. The molecule has 0 aliphatic rings. The Bertz CT molecular complexity index is 1040. The van der Waals surface area contributed by atoms with Crippen LogP contribution in [0.4, 0.5) is 11.4 Å². The Balaban J connectivity index is 1.98. The molecule has 2 rings (SSSR count). The maximum atomic E-state index is 12.2. The van der Waals surface area contributed by atoms with Gasteiger partial charge < -0.3 is 0 Å². The maximum absolute atomic E-state index is 12.2. The highest BCUT2D eigenvalue weighted by atomic mass is 32.2. The van der Waals surface area contributed by atoms with Gasteiger partial charge in [-0.25, -0.2) is 26.3 Å². The predicted molar refractivity (Wildman–Crippen MR) is 101 cm³/mol. The fourth-order valence-electron chi connectivity index (χ4n) is 2.33. The molecule has 0 aliphatic carbocycles. The van der Waals surface area contributed by atoms with Crippen molar-refractivity contribution in [3.05, 3.63) is 68.8 Å². The topological polar surface area (TPSA) is 179 Å². The molecule has 12 nitrogen and oxygen atoms in total. The second-order valence-electron chi connectivity index (χ2n) is 5.60. The van der Waals surface area contributed by atoms with Gasteiger partial charge in [-0.05, 0) is 18.6 Å². The fourth-order valence-corrected chi connectivity index (χ4v) is 4.82. The number of benzene rings is 2. The number of nitrogens with zero attached hydrogens (tertiary/aromatic N) is 2. The van der Waals surface area contributed by atoms with Crippen LogP contribution in [0.2, 0.25) is 0 Å². The largest absolute Gasteiger partial charge is 0.289 e. The third-order valence-electron chi connectivity index (χ3n) is 3.64. The maximum Gasteiger partial charge on any atom is 0.289 e. The summed E-state index contributed by atoms with van der Waals surface area (Å²) >= 11 is 0. The zero-order valence-electron chi connectivity index (χ0n) is 14.7. The molecule has 2 aromatic rings. The molecule has 0 spiro atoms. The lowest BCUT2D eigenvalue weighted by atomic mass is 10.3. The van der Waals surface area contributed by atoms with Gasteiger partial charge in [-0.15, -0.1) is 0 Å². The molecule has 0 saturated heterocycles. The molecule has 0 heterocycles. The van der Waals surface area contributed by atoms with Crippen LogP contribution in [0.25, 0.3) is 0 Å². The average Bonchev–Trinajstić information content (AvgIpc) is 2.67. The van der Waals surface area contributed by atoms with E-state index in [1.807, 2.05) is 0 Å². The van der Waals surface area contributed by atoms with Crippen molar-refractivity contribution in [2.45, 2.75) is 16.2 Å². The number of hydrogen-bond donors (Lipinski definition) is 2. The summed E-state index contributed by atoms with van der Waals surface area (Å²) in [6.45, 7) is -0.429. The van der Waals surface area contributed by atoms with Gasteiger partial charge in [0.25, 0.3) is 11.4 Å². The van der Waals surface area contributed by atoms with E-state index in [1.54, 1.807) is 0 Å². The minimum absolute atomic E-state index is 0.000275. The highest BCUT2D eigenvalue weighted by Gasteiger charge is 2.26. The number of nitro groups is 2. The monoisotopic (exact) mass is 444 g/mol. The van der Waals surface area contributed by atoms with Crippen molar-refractivity contribution < 1.29 is 26.7 Å². The summed E-state index contributed by atoms with van der Waals surface area (Å²) in [5.41, 5.74) is -1.17. The minimum atomic E-state index is -4.18. The van der Waals surface area contributed by atoms with Crippen LogP contribution >= 0.6 is 0 Å². The molecule has 156 valence electrons. The molecule has 0 fully saturated rings. The summed E-state index contributed by atoms with van der Waals surface area (Å²) in [5.74, 6) is 0. The summed E-state index contributed by atoms with van der Waals surface area (Å²) in [5, 5.41) is 21.9. The van der Waals surface area contributed by atoms with Crippen molar-refractivity contribution in [3.8, 4) is 0 Å². The third-order valence-corrected chi connectivity index (χ3v) is 6.66. The molecule has 29 heavy (non-hydrogen) atoms. The van der Waals surface area contributed by atoms with Gasteiger partial charge in [-0.2, -0.15) is 0 Å². The molecule has 2 N–H and O–H groups in total. The molecule has 0 atom stereocenters. The highest BCUT2D eigenvalue weighted by Crippen LogP contribution is 2.23. The van der Waals surface area contributed by atoms with E-state index < -0.39 is 51.1 Å². The van der Waals surface area contributed by atoms with Crippen LogP contribution in [0, 0.1) is 20.2 Å². The number of nitrogens with one attached hydrogen (secondary N) is 2. The van der Waals surface area contributed by atoms with Gasteiger partial charge in [0.05, 0.1) is 9.85 Å². The van der Waals surface area contributed by atoms with Crippen molar-refractivity contribution in [2.75, 3.05) is 13.1 Å². The second-order valence-corrected chi connectivity index (χ2v) is 9.07. The van der Waals surface area contributed by atoms with Gasteiger partial charge in [0.2, 0.25) is 20.0 Å². The van der Waals surface area contributed by atoms with E-state index in [2.05, 4.69) is 9.44 Å². The van der Waals surface area contributed by atoms with Crippen molar-refractivity contribution in [1.29, 1.82) is 0 Å². The van der Waals surface area contributed by atoms with E-state index in [1.165, 1.54) is 24.3 Å². The Hall–Kier alpha value is -2.94. The van der Waals surface area contributed by atoms with Crippen molar-refractivity contribution in [1.82, 2.24) is 9.44 Å². The predicted octanol–water partition coefficient (Wildman–Crippen LogP) is 1.15. The van der Waals surface area contributed by atoms with Gasteiger partial charge in [-0.1, -0.05) is 24.3 Å². The van der Waals surface area contributed by atoms with E-state index >= 15 is 0 Å². The van der Waals surface area contributed by atoms with Gasteiger partial charge in [0, 0.05) is 25.2 Å². The lowest BCUT2D eigenvalue weighted by molar-refractivity contribution is -0.388. The molecule has 0 aliphatic heterocycles. The molecular formula is C15H16N4O8S2. The molecule has 0 bridgehead atoms. The molecule has 0 radical (unpaired) electrons. The zero-order chi connectivity index (χ0) is 21.7. The number of para-hydroxylation sites is 2. The van der Waals surface area contributed by atoms with Gasteiger partial charge in [-0.3, -0.25) is 20.2 Å². The van der Waals surface area contributed by atoms with Crippen LogP contribution in [0.5, 0.6) is 0 Å². The Kier molecular flexibility index (Phi) is 6.97. The van der Waals surface area contributed by atoms with Crippen LogP contribution in [0.1, 0.15) is 6.42 Å². The van der Waals surface area contributed by atoms with Gasteiger partial charge >= 0.3 is 0 Å². The minimum Gasteiger partial charge on any atom is -0.258 e. The van der Waals surface area contributed by atoms with Crippen LogP contribution < -0.4 is 9.44 Å². The Morgan fingerprint density at radius 2 is 1.03 bits per heavy atom. The SMILES string of the molecule is O=[N+]([O-])c1ccccc1S(=O)(=O)NCCCNS(=O)(=O)c1ccccc1[N+](=O)[O-]. The van der Waals surface area contributed by atoms with Crippen LogP contribution in [0.3, 0.4) is 0 Å². The number of hydrogen-bond acceptors (Lipinski definition) is 8. The normalized spacial score (nSPS) is 11.9. The first kappa shape index (κ1) is 22.4. The lowest BCUT2D eigenvalue weighted by Crippen LogP contribution is -2.30. The first-order chi connectivity index (χ1) is 13.6. The Morgan fingerprint density at radius 1 is 0.690 bits per heavy atom. The first-order valence-corrected chi connectivity index (χ1v) is 11.0. The standard InChI is InChI=1S/C15H16N4O8S2/c20-18(21)12-6-1-3-8-14(12)28(24,25)16-10-5-11-17-29(26,27)15-9-4-2-7-13(15)19(22)23/h1-4,6-9,16-17H,5,10-11H2. The molecular weight excluding hydrogens is 428 g/mol. The van der Waals surface area contributed by atoms with E-state index in [0.29, 0.717) is 0 Å². The molecule has 2 aromatic carbocycles. The summed E-state index contributed by atoms with van der Waals surface area (Å²) in [6.07, 6.45) is -0.000275. The number of rotatable bonds is 10. The Labute approximate surface area is 166 Å². The van der Waals surface area contributed by atoms with E-state index in [0.717, 1.165) is 24.3 Å². The number of nitro benzene ring substituents is 2. The van der Waals surface area contributed by atoms with E-state index in [9.17, 15) is 37.1 Å². The van der Waals surface area contributed by atoms with Crippen LogP contribution in [-0.4, -0.2) is 39.8 Å². The fraction of sp³-hybridized carbons (Fsp3) is 0.200. The van der Waals surface area contributed by atoms with E-state index in [-0.39, 0.29) is 19.5 Å². The second kappa shape index (κ2) is 9.04. The molecule has 0 amide bonds. The first-order valence-electron chi connectivity index (χ1n) is 8.02. The van der Waals surface area contributed by atoms with Gasteiger partial charge in [0.1, 0.15) is 0 Å². The van der Waals surface area contributed by atoms with Crippen LogP contribution in [0.15, 0.2) is 58.3 Å². The van der Waals surface area contributed by atoms with Crippen molar-refractivity contribution >= 4 is 31.4 Å². The molecule has 0 unspecified atom stereocenters. The zero-order valence-corrected chi connectivity index (χ0v) is 16.4. The van der Waals surface area contributed by atoms with Crippen molar-refractivity contribution in [3.63, 3.8) is 0 Å². The van der Waals surface area contributed by atoms with Crippen molar-refractivity contribution in [2.24, 2.45) is 0 Å². The average molecular weight is 444 g/mol. The highest BCUT2D eigenvalue weighted by molar-refractivity contribution is 7.90. The lowest BCUT2D eigenvalue weighted by Gasteiger charge is -2.09.